The van der Waals surface area contributed by atoms with E-state index in [4.69, 9.17) is 5.11 Å². The van der Waals surface area contributed by atoms with Gasteiger partial charge in [-0.25, -0.2) is 0 Å². The first-order valence-corrected chi connectivity index (χ1v) is 7.25. The summed E-state index contributed by atoms with van der Waals surface area (Å²) in [6.45, 7) is 2.77. The Kier molecular flexibility index (Phi) is 5.57. The van der Waals surface area contributed by atoms with Gasteiger partial charge in [0.05, 0.1) is 5.75 Å². The van der Waals surface area contributed by atoms with Crippen LogP contribution in [-0.2, 0) is 11.3 Å². The van der Waals surface area contributed by atoms with Crippen molar-refractivity contribution in [1.29, 1.82) is 0 Å². The summed E-state index contributed by atoms with van der Waals surface area (Å²) in [4.78, 5) is 25.5. The summed E-state index contributed by atoms with van der Waals surface area (Å²) in [6.07, 6.45) is 3.66. The first kappa shape index (κ1) is 14.1. The molecule has 0 aliphatic heterocycles. The zero-order valence-corrected chi connectivity index (χ0v) is 11.3. The molecule has 1 atom stereocenters. The molecule has 1 heterocycles. The summed E-state index contributed by atoms with van der Waals surface area (Å²) in [7, 11) is 0. The van der Waals surface area contributed by atoms with Crippen molar-refractivity contribution in [3.63, 3.8) is 0 Å². The van der Waals surface area contributed by atoms with Gasteiger partial charge in [0.15, 0.2) is 5.16 Å². The van der Waals surface area contributed by atoms with Crippen molar-refractivity contribution in [3.8, 4) is 0 Å². The number of nitrogens with zero attached hydrogens (tertiary/aromatic N) is 2. The first-order valence-electron chi connectivity index (χ1n) is 4.98. The smallest absolute Gasteiger partial charge is 0.313 e. The largest absolute Gasteiger partial charge is 0.481 e. The van der Waals surface area contributed by atoms with Crippen LogP contribution < -0.4 is 5.56 Å². The normalized spacial score (nSPS) is 12.4. The summed E-state index contributed by atoms with van der Waals surface area (Å²) in [5.74, 6) is -1.01. The molecule has 5 nitrogen and oxygen atoms in total. The van der Waals surface area contributed by atoms with E-state index in [9.17, 15) is 9.59 Å². The van der Waals surface area contributed by atoms with Crippen LogP contribution in [-0.4, -0.2) is 37.9 Å². The van der Waals surface area contributed by atoms with E-state index in [1.165, 1.54) is 6.07 Å². The lowest BCUT2D eigenvalue weighted by molar-refractivity contribution is -0.133. The fourth-order valence-corrected chi connectivity index (χ4v) is 2.16. The highest BCUT2D eigenvalue weighted by Gasteiger charge is 2.09. The van der Waals surface area contributed by atoms with Crippen molar-refractivity contribution in [2.75, 3.05) is 12.0 Å². The topological polar surface area (TPSA) is 72.2 Å². The molecule has 1 rings (SSSR count). The second-order valence-corrected chi connectivity index (χ2v) is 5.65. The molecule has 0 amide bonds. The Bertz CT molecular complexity index is 447. The molecule has 1 aromatic rings. The minimum atomic E-state index is -0.919. The van der Waals surface area contributed by atoms with Crippen LogP contribution in [0.25, 0.3) is 0 Å². The van der Waals surface area contributed by atoms with Gasteiger partial charge in [0.2, 0.25) is 0 Å². The molecule has 1 unspecified atom stereocenters. The van der Waals surface area contributed by atoms with Gasteiger partial charge in [-0.15, -0.1) is 0 Å². The molecule has 7 heteroatoms. The van der Waals surface area contributed by atoms with Crippen LogP contribution in [0.15, 0.2) is 22.2 Å². The molecule has 0 bridgehead atoms. The van der Waals surface area contributed by atoms with Crippen molar-refractivity contribution < 1.29 is 9.90 Å². The lowest BCUT2D eigenvalue weighted by Gasteiger charge is -2.14. The number of carboxylic acid groups (broad SMARTS) is 1. The van der Waals surface area contributed by atoms with Crippen LogP contribution in [0.4, 0.5) is 0 Å². The predicted molar refractivity (Wildman–Crippen MR) is 69.8 cm³/mol. The molecule has 17 heavy (non-hydrogen) atoms. The number of aromatic nitrogens is 2. The number of rotatable bonds is 6. The van der Waals surface area contributed by atoms with E-state index in [1.54, 1.807) is 18.0 Å². The number of carbonyl (C=O) groups is 1. The van der Waals surface area contributed by atoms with Crippen LogP contribution in [0.1, 0.15) is 6.92 Å². The molecule has 0 saturated carbocycles. The maximum absolute atomic E-state index is 11.2. The summed E-state index contributed by atoms with van der Waals surface area (Å²) in [5.41, 5.74) is -0.342. The number of hydrogen-bond acceptors (Lipinski definition) is 5. The predicted octanol–water partition coefficient (Wildman–Crippen LogP) is 1.17. The number of thioether (sulfide) groups is 2. The molecular weight excluding hydrogens is 260 g/mol. The van der Waals surface area contributed by atoms with Crippen molar-refractivity contribution >= 4 is 29.5 Å². The van der Waals surface area contributed by atoms with Crippen molar-refractivity contribution in [2.24, 2.45) is 0 Å². The third-order valence-corrected chi connectivity index (χ3v) is 3.96. The lowest BCUT2D eigenvalue weighted by Crippen LogP contribution is -2.18. The average Bonchev–Trinajstić information content (AvgIpc) is 2.29. The van der Waals surface area contributed by atoms with Crippen molar-refractivity contribution in [2.45, 2.75) is 23.9 Å². The Morgan fingerprint density at radius 1 is 1.65 bits per heavy atom. The molecule has 0 saturated heterocycles. The first-order chi connectivity index (χ1) is 8.02. The highest BCUT2D eigenvalue weighted by molar-refractivity contribution is 7.99. The molecule has 0 radical (unpaired) electrons. The van der Waals surface area contributed by atoms with E-state index in [1.807, 2.05) is 10.8 Å². The number of hydrogen-bond donors (Lipinski definition) is 1. The zero-order chi connectivity index (χ0) is 12.8. The van der Waals surface area contributed by atoms with Crippen LogP contribution in [0, 0.1) is 0 Å². The second kappa shape index (κ2) is 6.70. The van der Waals surface area contributed by atoms with Gasteiger partial charge in [-0.1, -0.05) is 18.7 Å². The Balaban J connectivity index is 2.87. The highest BCUT2D eigenvalue weighted by atomic mass is 32.2. The molecule has 1 N–H and O–H groups in total. The maximum Gasteiger partial charge on any atom is 0.313 e. The Morgan fingerprint density at radius 3 is 2.94 bits per heavy atom. The molecular formula is C10H14N2O3S2. The van der Waals surface area contributed by atoms with Crippen LogP contribution in [0.5, 0.6) is 0 Å². The van der Waals surface area contributed by atoms with Gasteiger partial charge in [0.1, 0.15) is 0 Å². The SMILES string of the molecule is CSC(C)Cn1ccc(=O)nc1SCC(=O)O. The number of carboxylic acids is 1. The van der Waals surface area contributed by atoms with E-state index in [0.717, 1.165) is 11.8 Å². The Hall–Kier alpha value is -0.950. The third-order valence-electron chi connectivity index (χ3n) is 2.03. The van der Waals surface area contributed by atoms with Gasteiger partial charge < -0.3 is 9.67 Å². The van der Waals surface area contributed by atoms with Crippen LogP contribution in [0.2, 0.25) is 0 Å². The lowest BCUT2D eigenvalue weighted by atomic mass is 10.4. The Labute approximate surface area is 108 Å². The van der Waals surface area contributed by atoms with E-state index < -0.39 is 5.97 Å². The second-order valence-electron chi connectivity index (χ2n) is 3.43. The van der Waals surface area contributed by atoms with Gasteiger partial charge in [-0.3, -0.25) is 9.59 Å². The summed E-state index contributed by atoms with van der Waals surface area (Å²) in [5, 5.41) is 9.46. The summed E-state index contributed by atoms with van der Waals surface area (Å²) in [6, 6.07) is 1.39. The van der Waals surface area contributed by atoms with E-state index >= 15 is 0 Å². The van der Waals surface area contributed by atoms with Crippen molar-refractivity contribution in [1.82, 2.24) is 9.55 Å². The van der Waals surface area contributed by atoms with Crippen LogP contribution in [0.3, 0.4) is 0 Å². The fraction of sp³-hybridized carbons (Fsp3) is 0.500. The molecule has 0 spiro atoms. The molecule has 0 aliphatic rings. The van der Waals surface area contributed by atoms with Gasteiger partial charge in [0.25, 0.3) is 5.56 Å². The van der Waals surface area contributed by atoms with E-state index in [2.05, 4.69) is 11.9 Å². The zero-order valence-electron chi connectivity index (χ0n) is 9.62. The highest BCUT2D eigenvalue weighted by Crippen LogP contribution is 2.16. The van der Waals surface area contributed by atoms with Crippen molar-refractivity contribution in [3.05, 3.63) is 22.6 Å². The van der Waals surface area contributed by atoms with Gasteiger partial charge in [-0.2, -0.15) is 16.7 Å². The summed E-state index contributed by atoms with van der Waals surface area (Å²) < 4.78 is 1.82. The molecule has 0 aromatic carbocycles. The third kappa shape index (κ3) is 4.82. The minimum Gasteiger partial charge on any atom is -0.481 e. The summed E-state index contributed by atoms with van der Waals surface area (Å²) >= 11 is 2.77. The van der Waals surface area contributed by atoms with Crippen LogP contribution >= 0.6 is 23.5 Å². The van der Waals surface area contributed by atoms with Gasteiger partial charge >= 0.3 is 5.97 Å². The number of aliphatic carboxylic acids is 1. The van der Waals surface area contributed by atoms with E-state index in [0.29, 0.717) is 17.0 Å². The minimum absolute atomic E-state index is 0.0932. The molecule has 94 valence electrons. The monoisotopic (exact) mass is 274 g/mol. The fourth-order valence-electron chi connectivity index (χ4n) is 1.15. The Morgan fingerprint density at radius 2 is 2.35 bits per heavy atom. The quantitative estimate of drug-likeness (QED) is 0.620. The van der Waals surface area contributed by atoms with Gasteiger partial charge in [-0.05, 0) is 6.26 Å². The molecule has 0 aliphatic carbocycles. The van der Waals surface area contributed by atoms with E-state index in [-0.39, 0.29) is 11.3 Å². The average molecular weight is 274 g/mol. The molecule has 0 fully saturated rings. The maximum atomic E-state index is 11.2. The standard InChI is InChI=1S/C10H14N2O3S2/c1-7(16-2)5-12-4-3-8(13)11-10(12)17-6-9(14)15/h3-4,7H,5-6H2,1-2H3,(H,14,15). The van der Waals surface area contributed by atoms with Gasteiger partial charge in [0, 0.05) is 24.1 Å². The molecule has 1 aromatic heterocycles.